The van der Waals surface area contributed by atoms with E-state index in [0.29, 0.717) is 18.4 Å². The van der Waals surface area contributed by atoms with Gasteiger partial charge in [-0.3, -0.25) is 9.63 Å². The molecule has 1 heterocycles. The third kappa shape index (κ3) is 1.80. The molecule has 1 unspecified atom stereocenters. The summed E-state index contributed by atoms with van der Waals surface area (Å²) in [6.45, 7) is 0. The van der Waals surface area contributed by atoms with Crippen molar-refractivity contribution < 1.29 is 22.8 Å². The lowest BCUT2D eigenvalue weighted by atomic mass is 9.76. The van der Waals surface area contributed by atoms with Crippen LogP contribution in [-0.2, 0) is 27.6 Å². The van der Waals surface area contributed by atoms with E-state index in [1.807, 2.05) is 24.3 Å². The smallest absolute Gasteiger partial charge is 0.271 e. The monoisotopic (exact) mass is 333 g/mol. The van der Waals surface area contributed by atoms with Gasteiger partial charge in [-0.1, -0.05) is 30.3 Å². The van der Waals surface area contributed by atoms with Gasteiger partial charge >= 0.3 is 6.18 Å². The van der Waals surface area contributed by atoms with Gasteiger partial charge in [-0.2, -0.15) is 18.2 Å². The Kier molecular flexibility index (Phi) is 3.06. The summed E-state index contributed by atoms with van der Waals surface area (Å²) in [4.78, 5) is 18.2. The SMILES string of the molecule is CON1C(=O)C2(CCc3ccccc32)c2ccc(C(F)(F)F)cc21. The van der Waals surface area contributed by atoms with E-state index < -0.39 is 17.2 Å². The standard InChI is InChI=1S/C18H14F3NO2/c1-24-22-15-10-12(18(19,20)21)6-7-14(15)17(16(22)23)9-8-11-4-2-3-5-13(11)17/h2-7,10H,8-9H2,1H3. The van der Waals surface area contributed by atoms with Gasteiger partial charge in [0.15, 0.2) is 0 Å². The molecule has 2 aromatic carbocycles. The number of fused-ring (bicyclic) bond motifs is 4. The number of rotatable bonds is 1. The summed E-state index contributed by atoms with van der Waals surface area (Å²) in [6, 6.07) is 11.0. The number of amides is 1. The molecule has 4 rings (SSSR count). The minimum Gasteiger partial charge on any atom is -0.271 e. The van der Waals surface area contributed by atoms with Gasteiger partial charge in [0.1, 0.15) is 5.41 Å². The first-order valence-electron chi connectivity index (χ1n) is 7.58. The quantitative estimate of drug-likeness (QED) is 0.793. The fraction of sp³-hybridized carbons (Fsp3) is 0.278. The number of aryl methyl sites for hydroxylation is 1. The largest absolute Gasteiger partial charge is 0.416 e. The Morgan fingerprint density at radius 1 is 1.12 bits per heavy atom. The number of hydroxylamine groups is 1. The van der Waals surface area contributed by atoms with E-state index in [4.69, 9.17) is 4.84 Å². The predicted molar refractivity (Wildman–Crippen MR) is 81.5 cm³/mol. The van der Waals surface area contributed by atoms with Crippen molar-refractivity contribution >= 4 is 11.6 Å². The second kappa shape index (κ2) is 4.83. The first kappa shape index (κ1) is 15.2. The van der Waals surface area contributed by atoms with Crippen molar-refractivity contribution in [1.29, 1.82) is 0 Å². The number of hydrogen-bond acceptors (Lipinski definition) is 2. The second-order valence-corrected chi connectivity index (χ2v) is 6.07. The molecule has 2 aromatic rings. The van der Waals surface area contributed by atoms with Crippen LogP contribution in [0, 0.1) is 0 Å². The number of hydrogen-bond donors (Lipinski definition) is 0. The third-order valence-corrected chi connectivity index (χ3v) is 4.98. The lowest BCUT2D eigenvalue weighted by Gasteiger charge is -2.24. The zero-order valence-corrected chi connectivity index (χ0v) is 12.9. The van der Waals surface area contributed by atoms with E-state index in [1.165, 1.54) is 13.2 Å². The molecule has 0 saturated carbocycles. The first-order chi connectivity index (χ1) is 11.4. The van der Waals surface area contributed by atoms with Crippen LogP contribution in [0.2, 0.25) is 0 Å². The average molecular weight is 333 g/mol. The molecule has 0 saturated heterocycles. The van der Waals surface area contributed by atoms with E-state index in [1.54, 1.807) is 0 Å². The highest BCUT2D eigenvalue weighted by Gasteiger charge is 2.56. The molecule has 0 fully saturated rings. The normalized spacial score (nSPS) is 22.2. The third-order valence-electron chi connectivity index (χ3n) is 4.98. The summed E-state index contributed by atoms with van der Waals surface area (Å²) in [5.41, 5.74) is 0.914. The van der Waals surface area contributed by atoms with Crippen LogP contribution in [0.25, 0.3) is 0 Å². The number of carbonyl (C=O) groups is 1. The van der Waals surface area contributed by atoms with Crippen LogP contribution in [0.15, 0.2) is 42.5 Å². The van der Waals surface area contributed by atoms with Crippen molar-refractivity contribution in [3.05, 3.63) is 64.7 Å². The van der Waals surface area contributed by atoms with E-state index in [9.17, 15) is 18.0 Å². The molecular formula is C18H14F3NO2. The average Bonchev–Trinajstić information content (AvgIpc) is 3.05. The predicted octanol–water partition coefficient (Wildman–Crippen LogP) is 3.85. The van der Waals surface area contributed by atoms with Crippen molar-refractivity contribution in [1.82, 2.24) is 0 Å². The van der Waals surface area contributed by atoms with Gasteiger partial charge in [-0.25, -0.2) is 0 Å². The molecule has 1 aliphatic carbocycles. The molecule has 1 spiro atoms. The molecule has 1 atom stereocenters. The lowest BCUT2D eigenvalue weighted by Crippen LogP contribution is -2.39. The van der Waals surface area contributed by atoms with Crippen LogP contribution in [0.4, 0.5) is 18.9 Å². The molecule has 24 heavy (non-hydrogen) atoms. The molecule has 124 valence electrons. The van der Waals surface area contributed by atoms with Gasteiger partial charge < -0.3 is 0 Å². The highest BCUT2D eigenvalue weighted by molar-refractivity contribution is 6.10. The van der Waals surface area contributed by atoms with Crippen molar-refractivity contribution in [3.63, 3.8) is 0 Å². The summed E-state index contributed by atoms with van der Waals surface area (Å²) in [7, 11) is 1.29. The Labute approximate surface area is 136 Å². The molecule has 2 aliphatic rings. The number of carbonyl (C=O) groups excluding carboxylic acids is 1. The van der Waals surface area contributed by atoms with Crippen molar-refractivity contribution in [2.75, 3.05) is 12.2 Å². The van der Waals surface area contributed by atoms with Crippen LogP contribution in [0.5, 0.6) is 0 Å². The molecule has 0 aromatic heterocycles. The maximum Gasteiger partial charge on any atom is 0.416 e. The van der Waals surface area contributed by atoms with Gasteiger partial charge in [0.2, 0.25) is 0 Å². The zero-order chi connectivity index (χ0) is 17.1. The molecule has 0 bridgehead atoms. The van der Waals surface area contributed by atoms with E-state index >= 15 is 0 Å². The maximum absolute atomic E-state index is 13.1. The fourth-order valence-electron chi connectivity index (χ4n) is 3.93. The van der Waals surface area contributed by atoms with Crippen LogP contribution >= 0.6 is 0 Å². The number of anilines is 1. The topological polar surface area (TPSA) is 29.5 Å². The maximum atomic E-state index is 13.1. The van der Waals surface area contributed by atoms with Gasteiger partial charge in [-0.05, 0) is 41.7 Å². The number of benzene rings is 2. The fourth-order valence-corrected chi connectivity index (χ4v) is 3.93. The summed E-state index contributed by atoms with van der Waals surface area (Å²) in [6.07, 6.45) is -3.23. The van der Waals surface area contributed by atoms with E-state index in [-0.39, 0.29) is 11.6 Å². The Morgan fingerprint density at radius 2 is 1.88 bits per heavy atom. The van der Waals surface area contributed by atoms with Crippen molar-refractivity contribution in [3.8, 4) is 0 Å². The Bertz CT molecular complexity index is 846. The van der Waals surface area contributed by atoms with Crippen LogP contribution in [0.1, 0.15) is 28.7 Å². The Hall–Kier alpha value is -2.34. The molecule has 0 radical (unpaired) electrons. The summed E-state index contributed by atoms with van der Waals surface area (Å²) in [5, 5.41) is 0.993. The Morgan fingerprint density at radius 3 is 2.58 bits per heavy atom. The second-order valence-electron chi connectivity index (χ2n) is 6.07. The Balaban J connectivity index is 1.97. The minimum absolute atomic E-state index is 0.175. The van der Waals surface area contributed by atoms with Gasteiger partial charge in [0.25, 0.3) is 5.91 Å². The number of alkyl halides is 3. The summed E-state index contributed by atoms with van der Waals surface area (Å²) in [5.74, 6) is -0.329. The van der Waals surface area contributed by atoms with E-state index in [0.717, 1.165) is 28.3 Å². The van der Waals surface area contributed by atoms with Crippen LogP contribution in [0.3, 0.4) is 0 Å². The van der Waals surface area contributed by atoms with Crippen LogP contribution in [-0.4, -0.2) is 13.0 Å². The van der Waals surface area contributed by atoms with Gasteiger partial charge in [0, 0.05) is 0 Å². The molecule has 1 amide bonds. The molecule has 0 N–H and O–H groups in total. The van der Waals surface area contributed by atoms with Crippen LogP contribution < -0.4 is 5.06 Å². The molecule has 3 nitrogen and oxygen atoms in total. The molecule has 1 aliphatic heterocycles. The van der Waals surface area contributed by atoms with Gasteiger partial charge in [-0.15, -0.1) is 0 Å². The highest BCUT2D eigenvalue weighted by atomic mass is 19.4. The molecular weight excluding hydrogens is 319 g/mol. The van der Waals surface area contributed by atoms with Crippen molar-refractivity contribution in [2.24, 2.45) is 0 Å². The summed E-state index contributed by atoms with van der Waals surface area (Å²) < 4.78 is 39.1. The summed E-state index contributed by atoms with van der Waals surface area (Å²) >= 11 is 0. The number of nitrogens with zero attached hydrogens (tertiary/aromatic N) is 1. The van der Waals surface area contributed by atoms with Gasteiger partial charge in [0.05, 0.1) is 18.4 Å². The highest BCUT2D eigenvalue weighted by Crippen LogP contribution is 2.53. The zero-order valence-electron chi connectivity index (χ0n) is 12.9. The first-order valence-corrected chi connectivity index (χ1v) is 7.58. The van der Waals surface area contributed by atoms with E-state index in [2.05, 4.69) is 0 Å². The number of halogens is 3. The molecule has 6 heteroatoms. The van der Waals surface area contributed by atoms with Crippen molar-refractivity contribution in [2.45, 2.75) is 24.4 Å². The minimum atomic E-state index is -4.47. The lowest BCUT2D eigenvalue weighted by molar-refractivity contribution is -0.137.